The number of aromatic nitrogens is 6. The summed E-state index contributed by atoms with van der Waals surface area (Å²) in [6.45, 7) is 1.13. The topological polar surface area (TPSA) is 125 Å². The zero-order chi connectivity index (χ0) is 27.4. The van der Waals surface area contributed by atoms with Crippen molar-refractivity contribution in [2.24, 2.45) is 5.73 Å². The van der Waals surface area contributed by atoms with Crippen molar-refractivity contribution >= 4 is 22.7 Å². The summed E-state index contributed by atoms with van der Waals surface area (Å²) in [5, 5.41) is 0. The third-order valence-electron chi connectivity index (χ3n) is 6.35. The van der Waals surface area contributed by atoms with Gasteiger partial charge < -0.3 is 20.9 Å². The molecule has 5 aromatic rings. The van der Waals surface area contributed by atoms with Crippen LogP contribution in [0.15, 0.2) is 67.4 Å². The molecule has 0 fully saturated rings. The highest BCUT2D eigenvalue weighted by molar-refractivity contribution is 5.81. The number of rotatable bonds is 10. The van der Waals surface area contributed by atoms with Gasteiger partial charge in [-0.15, -0.1) is 0 Å². The molecule has 1 aromatic carbocycles. The summed E-state index contributed by atoms with van der Waals surface area (Å²) in [5.41, 5.74) is 16.7. The lowest BCUT2D eigenvalue weighted by Crippen LogP contribution is -2.32. The molecule has 0 aliphatic heterocycles. The van der Waals surface area contributed by atoms with Crippen molar-refractivity contribution in [3.8, 4) is 11.3 Å². The average Bonchev–Trinajstić information content (AvgIpc) is 3.36. The summed E-state index contributed by atoms with van der Waals surface area (Å²) in [4.78, 5) is 23.3. The molecular weight excluding hydrogens is 507 g/mol. The summed E-state index contributed by atoms with van der Waals surface area (Å²) in [5.74, 6) is -0.0468. The Bertz CT molecular complexity index is 1570. The van der Waals surface area contributed by atoms with Gasteiger partial charge in [0.1, 0.15) is 23.4 Å². The lowest BCUT2D eigenvalue weighted by Gasteiger charge is -2.26. The van der Waals surface area contributed by atoms with Gasteiger partial charge in [-0.1, -0.05) is 6.07 Å². The normalized spacial score (nSPS) is 11.4. The largest absolute Gasteiger partial charge is 0.382 e. The van der Waals surface area contributed by atoms with E-state index in [9.17, 15) is 13.2 Å². The highest BCUT2D eigenvalue weighted by Crippen LogP contribution is 2.28. The Balaban J connectivity index is 1.44. The van der Waals surface area contributed by atoms with Crippen molar-refractivity contribution in [2.45, 2.75) is 25.8 Å². The van der Waals surface area contributed by atoms with E-state index in [1.807, 2.05) is 15.5 Å². The van der Waals surface area contributed by atoms with Gasteiger partial charge in [-0.25, -0.2) is 28.1 Å². The maximum absolute atomic E-state index is 13.5. The number of benzene rings is 1. The minimum absolute atomic E-state index is 0.203. The summed E-state index contributed by atoms with van der Waals surface area (Å²) >= 11 is 0. The molecule has 4 heterocycles. The molecule has 0 saturated carbocycles. The van der Waals surface area contributed by atoms with E-state index in [2.05, 4.69) is 24.9 Å². The molecule has 0 aliphatic carbocycles. The van der Waals surface area contributed by atoms with Crippen LogP contribution in [0.5, 0.6) is 0 Å². The molecule has 0 radical (unpaired) electrons. The van der Waals surface area contributed by atoms with Gasteiger partial charge in [0, 0.05) is 17.8 Å². The highest BCUT2D eigenvalue weighted by Gasteiger charge is 2.16. The first-order chi connectivity index (χ1) is 18.9. The molecule has 0 amide bonds. The number of hydrogen-bond donors (Lipinski definition) is 2. The summed E-state index contributed by atoms with van der Waals surface area (Å²) < 4.78 is 41.4. The summed E-state index contributed by atoms with van der Waals surface area (Å²) in [6, 6.07) is 12.7. The van der Waals surface area contributed by atoms with E-state index in [0.29, 0.717) is 48.5 Å². The van der Waals surface area contributed by atoms with Crippen LogP contribution in [0.25, 0.3) is 22.4 Å². The third kappa shape index (κ3) is 5.80. The molecule has 9 nitrogen and oxygen atoms in total. The molecule has 0 atom stereocenters. The lowest BCUT2D eigenvalue weighted by atomic mass is 10.1. The number of pyridine rings is 2. The average molecular weight is 534 g/mol. The molecule has 200 valence electrons. The minimum Gasteiger partial charge on any atom is -0.382 e. The quantitative estimate of drug-likeness (QED) is 0.254. The number of imidazole rings is 1. The van der Waals surface area contributed by atoms with Crippen molar-refractivity contribution in [2.75, 3.05) is 23.8 Å². The Kier molecular flexibility index (Phi) is 7.64. The van der Waals surface area contributed by atoms with Gasteiger partial charge in [0.15, 0.2) is 11.5 Å². The highest BCUT2D eigenvalue weighted by atomic mass is 19.3. The number of alkyl halides is 2. The SMILES string of the molecule is NCN(CCCc1cccc(C(F)F)n1)c1cnc(-c2ccc(F)cc2)cc1Cn1cnc2c(N)ncnc21. The molecular formula is C27H26F3N9. The molecule has 0 saturated heterocycles. The number of nitrogens with two attached hydrogens (primary N) is 2. The first-order valence-corrected chi connectivity index (χ1v) is 12.3. The van der Waals surface area contributed by atoms with Crippen LogP contribution in [-0.2, 0) is 13.0 Å². The predicted octanol–water partition coefficient (Wildman–Crippen LogP) is 4.35. The Morgan fingerprint density at radius 1 is 1.00 bits per heavy atom. The molecule has 4 N–H and O–H groups in total. The second-order valence-corrected chi connectivity index (χ2v) is 8.91. The predicted molar refractivity (Wildman–Crippen MR) is 142 cm³/mol. The van der Waals surface area contributed by atoms with E-state index in [0.717, 1.165) is 16.8 Å². The lowest BCUT2D eigenvalue weighted by molar-refractivity contribution is 0.146. The van der Waals surface area contributed by atoms with E-state index in [1.165, 1.54) is 24.5 Å². The molecule has 39 heavy (non-hydrogen) atoms. The Morgan fingerprint density at radius 2 is 1.82 bits per heavy atom. The summed E-state index contributed by atoms with van der Waals surface area (Å²) in [7, 11) is 0. The van der Waals surface area contributed by atoms with E-state index in [4.69, 9.17) is 11.5 Å². The van der Waals surface area contributed by atoms with Crippen molar-refractivity contribution < 1.29 is 13.2 Å². The van der Waals surface area contributed by atoms with Crippen LogP contribution >= 0.6 is 0 Å². The third-order valence-corrected chi connectivity index (χ3v) is 6.35. The van der Waals surface area contributed by atoms with Crippen LogP contribution in [0, 0.1) is 5.82 Å². The fraction of sp³-hybridized carbons (Fsp3) is 0.222. The van der Waals surface area contributed by atoms with E-state index in [-0.39, 0.29) is 24.0 Å². The Hall–Kier alpha value is -4.58. The number of nitrogens with zero attached hydrogens (tertiary/aromatic N) is 7. The van der Waals surface area contributed by atoms with Gasteiger partial charge in [-0.3, -0.25) is 9.97 Å². The molecule has 0 aliphatic rings. The van der Waals surface area contributed by atoms with E-state index < -0.39 is 6.43 Å². The fourth-order valence-electron chi connectivity index (χ4n) is 4.40. The van der Waals surface area contributed by atoms with Crippen LogP contribution in [0.3, 0.4) is 0 Å². The van der Waals surface area contributed by atoms with Crippen molar-refractivity contribution in [1.29, 1.82) is 0 Å². The van der Waals surface area contributed by atoms with E-state index in [1.54, 1.807) is 36.8 Å². The zero-order valence-corrected chi connectivity index (χ0v) is 20.9. The van der Waals surface area contributed by atoms with Gasteiger partial charge in [0.2, 0.25) is 0 Å². The number of hydrogen-bond acceptors (Lipinski definition) is 8. The molecule has 0 spiro atoms. The monoisotopic (exact) mass is 533 g/mol. The van der Waals surface area contributed by atoms with Gasteiger partial charge in [0.05, 0.1) is 37.1 Å². The van der Waals surface area contributed by atoms with Gasteiger partial charge >= 0.3 is 0 Å². The van der Waals surface area contributed by atoms with Crippen molar-refractivity contribution in [3.63, 3.8) is 0 Å². The van der Waals surface area contributed by atoms with Crippen LogP contribution in [0.1, 0.15) is 29.8 Å². The van der Waals surface area contributed by atoms with Crippen molar-refractivity contribution in [3.05, 3.63) is 90.2 Å². The van der Waals surface area contributed by atoms with Crippen molar-refractivity contribution in [1.82, 2.24) is 29.5 Å². The van der Waals surface area contributed by atoms with Crippen LogP contribution in [-0.4, -0.2) is 42.7 Å². The maximum Gasteiger partial charge on any atom is 0.280 e. The minimum atomic E-state index is -2.61. The molecule has 0 bridgehead atoms. The molecule has 5 rings (SSSR count). The van der Waals surface area contributed by atoms with Gasteiger partial charge in [-0.2, -0.15) is 0 Å². The second kappa shape index (κ2) is 11.4. The van der Waals surface area contributed by atoms with Crippen LogP contribution in [0.4, 0.5) is 24.7 Å². The van der Waals surface area contributed by atoms with Crippen LogP contribution < -0.4 is 16.4 Å². The Labute approximate surface area is 222 Å². The number of nitrogen functional groups attached to an aromatic ring is 1. The Morgan fingerprint density at radius 3 is 2.59 bits per heavy atom. The molecule has 0 unspecified atom stereocenters. The first-order valence-electron chi connectivity index (χ1n) is 12.3. The zero-order valence-electron chi connectivity index (χ0n) is 20.9. The maximum atomic E-state index is 13.5. The fourth-order valence-corrected chi connectivity index (χ4v) is 4.40. The standard InChI is InChI=1S/C27H26F3N9/c28-19-8-6-17(7-9-19)22-11-18(13-39-16-36-24-26(32)34-15-35-27(24)39)23(12-33-22)38(14-31)10-2-4-20-3-1-5-21(37-20)25(29)30/h1,3,5-9,11-12,15-16,25H,2,4,10,13-14,31H2,(H2,32,34,35). The first kappa shape index (κ1) is 26.0. The van der Waals surface area contributed by atoms with Gasteiger partial charge in [-0.05, 0) is 60.9 Å². The van der Waals surface area contributed by atoms with Gasteiger partial charge in [0.25, 0.3) is 6.43 Å². The second-order valence-electron chi connectivity index (χ2n) is 8.91. The number of halogens is 3. The smallest absolute Gasteiger partial charge is 0.280 e. The number of anilines is 2. The number of aryl methyl sites for hydroxylation is 1. The summed E-state index contributed by atoms with van der Waals surface area (Å²) in [6.07, 6.45) is 3.30. The molecule has 4 aromatic heterocycles. The van der Waals surface area contributed by atoms with E-state index >= 15 is 0 Å². The van der Waals surface area contributed by atoms with Crippen LogP contribution in [0.2, 0.25) is 0 Å². The molecule has 12 heteroatoms. The number of fused-ring (bicyclic) bond motifs is 1.